The Morgan fingerprint density at radius 3 is 1.67 bits per heavy atom. The normalized spacial score (nSPS) is 23.8. The van der Waals surface area contributed by atoms with E-state index in [0.717, 1.165) is 12.1 Å². The molecule has 0 aromatic carbocycles. The monoisotopic (exact) mass is 408 g/mol. The summed E-state index contributed by atoms with van der Waals surface area (Å²) in [5, 5.41) is 0. The lowest BCUT2D eigenvalue weighted by Crippen LogP contribution is -2.60. The molecule has 0 amide bonds. The van der Waals surface area contributed by atoms with Crippen molar-refractivity contribution >= 4 is 35.7 Å². The molecule has 0 N–H and O–H groups in total. The summed E-state index contributed by atoms with van der Waals surface area (Å²) in [6, 6.07) is 2.24. The van der Waals surface area contributed by atoms with E-state index in [-0.39, 0.29) is 0 Å². The SMILES string of the molecule is CCCCCC[Si]1(CCCCCC)O[SiH2]O[Si](C)(C)O[Si](C)(C)O1. The fourth-order valence-corrected chi connectivity index (χ4v) is 20.4. The van der Waals surface area contributed by atoms with Crippen LogP contribution in [0.25, 0.3) is 0 Å². The highest BCUT2D eigenvalue weighted by molar-refractivity contribution is 6.88. The molecule has 4 nitrogen and oxygen atoms in total. The summed E-state index contributed by atoms with van der Waals surface area (Å²) >= 11 is 0. The molecule has 1 rings (SSSR count). The number of hydrogen-bond acceptors (Lipinski definition) is 4. The zero-order valence-electron chi connectivity index (χ0n) is 16.9. The van der Waals surface area contributed by atoms with Gasteiger partial charge in [-0.15, -0.1) is 0 Å². The van der Waals surface area contributed by atoms with Gasteiger partial charge in [0.15, 0.2) is 0 Å². The van der Waals surface area contributed by atoms with Crippen LogP contribution in [0.4, 0.5) is 0 Å². The first-order valence-corrected chi connectivity index (χ1v) is 18.9. The molecule has 0 aromatic heterocycles. The minimum atomic E-state index is -2.19. The van der Waals surface area contributed by atoms with E-state index in [1.165, 1.54) is 51.4 Å². The van der Waals surface area contributed by atoms with Crippen molar-refractivity contribution in [3.63, 3.8) is 0 Å². The average Bonchev–Trinajstić information content (AvgIpc) is 2.45. The van der Waals surface area contributed by atoms with Crippen LogP contribution in [0.15, 0.2) is 0 Å². The standard InChI is InChI=1S/C16H40O4Si4/c1-7-9-11-13-15-24(16-14-12-10-8-2)18-21-17-22(3,4)19-23(5,6)20-24/h7-16,21H2,1-6H3. The molecular formula is C16H40O4Si4. The lowest BCUT2D eigenvalue weighted by Gasteiger charge is -2.44. The van der Waals surface area contributed by atoms with E-state index in [0.29, 0.717) is 0 Å². The molecule has 8 heteroatoms. The molecule has 0 spiro atoms. The Kier molecular flexibility index (Phi) is 10.2. The molecule has 1 saturated heterocycles. The predicted molar refractivity (Wildman–Crippen MR) is 112 cm³/mol. The van der Waals surface area contributed by atoms with Crippen molar-refractivity contribution in [2.45, 2.75) is 103 Å². The highest BCUT2D eigenvalue weighted by Crippen LogP contribution is 2.32. The van der Waals surface area contributed by atoms with E-state index in [2.05, 4.69) is 40.0 Å². The Hall–Kier alpha value is 0.708. The highest BCUT2D eigenvalue weighted by Gasteiger charge is 2.48. The lowest BCUT2D eigenvalue weighted by molar-refractivity contribution is 0.251. The van der Waals surface area contributed by atoms with Gasteiger partial charge in [-0.25, -0.2) is 0 Å². The van der Waals surface area contributed by atoms with Gasteiger partial charge in [-0.1, -0.05) is 65.2 Å². The van der Waals surface area contributed by atoms with Gasteiger partial charge in [-0.2, -0.15) is 0 Å². The molecule has 0 unspecified atom stereocenters. The maximum atomic E-state index is 6.79. The topological polar surface area (TPSA) is 36.9 Å². The number of unbranched alkanes of at least 4 members (excludes halogenated alkanes) is 6. The van der Waals surface area contributed by atoms with E-state index in [9.17, 15) is 0 Å². The first kappa shape index (κ1) is 22.7. The predicted octanol–water partition coefficient (Wildman–Crippen LogP) is 5.07. The molecule has 1 fully saturated rings. The lowest BCUT2D eigenvalue weighted by atomic mass is 10.2. The third kappa shape index (κ3) is 8.88. The van der Waals surface area contributed by atoms with Crippen molar-refractivity contribution in [1.29, 1.82) is 0 Å². The van der Waals surface area contributed by atoms with Gasteiger partial charge < -0.3 is 16.5 Å². The molecule has 1 heterocycles. The maximum Gasteiger partial charge on any atom is 0.320 e. The van der Waals surface area contributed by atoms with E-state index >= 15 is 0 Å². The van der Waals surface area contributed by atoms with Crippen LogP contribution in [0.5, 0.6) is 0 Å². The average molecular weight is 409 g/mol. The third-order valence-corrected chi connectivity index (χ3v) is 19.9. The van der Waals surface area contributed by atoms with E-state index in [1.54, 1.807) is 0 Å². The summed E-state index contributed by atoms with van der Waals surface area (Å²) < 4.78 is 25.8. The largest absolute Gasteiger partial charge is 0.420 e. The van der Waals surface area contributed by atoms with Crippen LogP contribution in [0, 0.1) is 0 Å². The van der Waals surface area contributed by atoms with Gasteiger partial charge in [0.1, 0.15) is 0 Å². The molecule has 0 aliphatic carbocycles. The van der Waals surface area contributed by atoms with Gasteiger partial charge in [0.25, 0.3) is 10.0 Å². The molecular weight excluding hydrogens is 369 g/mol. The minimum absolute atomic E-state index is 0.989. The fourth-order valence-electron chi connectivity index (χ4n) is 3.41. The van der Waals surface area contributed by atoms with Crippen molar-refractivity contribution in [3.8, 4) is 0 Å². The van der Waals surface area contributed by atoms with Crippen LogP contribution in [0.3, 0.4) is 0 Å². The number of hydrogen-bond donors (Lipinski definition) is 0. The smallest absolute Gasteiger partial charge is 0.320 e. The second-order valence-corrected chi connectivity index (χ2v) is 20.5. The van der Waals surface area contributed by atoms with E-state index in [1.807, 2.05) is 0 Å². The maximum absolute atomic E-state index is 6.79. The summed E-state index contributed by atoms with van der Waals surface area (Å²) in [5.41, 5.74) is 0. The molecule has 0 bridgehead atoms. The summed E-state index contributed by atoms with van der Waals surface area (Å²) in [5.74, 6) is 0. The van der Waals surface area contributed by atoms with Gasteiger partial charge in [-0.3, -0.25) is 0 Å². The minimum Gasteiger partial charge on any atom is -0.420 e. The summed E-state index contributed by atoms with van der Waals surface area (Å²) in [4.78, 5) is 0. The van der Waals surface area contributed by atoms with Crippen molar-refractivity contribution in [3.05, 3.63) is 0 Å². The molecule has 1 aliphatic rings. The summed E-state index contributed by atoms with van der Waals surface area (Å²) in [6.45, 7) is 13.1. The second kappa shape index (κ2) is 10.8. The molecule has 24 heavy (non-hydrogen) atoms. The van der Waals surface area contributed by atoms with Gasteiger partial charge in [0.05, 0.1) is 0 Å². The first-order chi connectivity index (χ1) is 11.2. The van der Waals surface area contributed by atoms with Crippen LogP contribution in [0.2, 0.25) is 38.3 Å². The van der Waals surface area contributed by atoms with Gasteiger partial charge in [0, 0.05) is 0 Å². The van der Waals surface area contributed by atoms with Crippen molar-refractivity contribution < 1.29 is 16.5 Å². The van der Waals surface area contributed by atoms with Crippen LogP contribution in [0.1, 0.15) is 65.2 Å². The van der Waals surface area contributed by atoms with E-state index in [4.69, 9.17) is 16.5 Å². The fraction of sp³-hybridized carbons (Fsp3) is 1.00. The summed E-state index contributed by atoms with van der Waals surface area (Å²) in [7, 11) is -7.40. The van der Waals surface area contributed by atoms with E-state index < -0.39 is 35.7 Å². The summed E-state index contributed by atoms with van der Waals surface area (Å²) in [6.07, 6.45) is 10.2. The molecule has 144 valence electrons. The zero-order chi connectivity index (χ0) is 18.1. The molecule has 1 aliphatic heterocycles. The molecule has 0 atom stereocenters. The van der Waals surface area contributed by atoms with Crippen LogP contribution in [-0.2, 0) is 16.5 Å². The molecule has 0 saturated carbocycles. The molecule has 0 aromatic rings. The van der Waals surface area contributed by atoms with Crippen molar-refractivity contribution in [2.75, 3.05) is 0 Å². The van der Waals surface area contributed by atoms with Gasteiger partial charge in [0.2, 0.25) is 0 Å². The van der Waals surface area contributed by atoms with Crippen LogP contribution in [-0.4, -0.2) is 35.7 Å². The Bertz CT molecular complexity index is 341. The number of rotatable bonds is 10. The van der Waals surface area contributed by atoms with Gasteiger partial charge in [-0.05, 0) is 38.3 Å². The van der Waals surface area contributed by atoms with Gasteiger partial charge >= 0.3 is 25.7 Å². The van der Waals surface area contributed by atoms with Crippen molar-refractivity contribution in [1.82, 2.24) is 0 Å². The highest BCUT2D eigenvalue weighted by atomic mass is 28.5. The quantitative estimate of drug-likeness (QED) is 0.373. The Labute approximate surface area is 155 Å². The van der Waals surface area contributed by atoms with Crippen molar-refractivity contribution in [2.24, 2.45) is 0 Å². The second-order valence-electron chi connectivity index (χ2n) is 7.94. The zero-order valence-corrected chi connectivity index (χ0v) is 21.3. The first-order valence-electron chi connectivity index (χ1n) is 9.92. The van der Waals surface area contributed by atoms with Crippen LogP contribution < -0.4 is 0 Å². The Balaban J connectivity index is 2.76. The molecule has 0 radical (unpaired) electrons. The third-order valence-electron chi connectivity index (χ3n) is 4.47. The van der Waals surface area contributed by atoms with Crippen LogP contribution >= 0.6 is 0 Å². The Morgan fingerprint density at radius 1 is 0.625 bits per heavy atom. The Morgan fingerprint density at radius 2 is 1.17 bits per heavy atom.